The normalized spacial score (nSPS) is 13.3. The second kappa shape index (κ2) is 3.54. The van der Waals surface area contributed by atoms with Crippen molar-refractivity contribution >= 4 is 0 Å². The van der Waals surface area contributed by atoms with E-state index in [0.717, 1.165) is 6.20 Å². The van der Waals surface area contributed by atoms with Gasteiger partial charge >= 0.3 is 6.18 Å². The minimum Gasteiger partial charge on any atom is -0.334 e. The molecule has 0 unspecified atom stereocenters. The summed E-state index contributed by atoms with van der Waals surface area (Å²) in [5, 5.41) is 0. The summed E-state index contributed by atoms with van der Waals surface area (Å²) < 4.78 is 38.8. The molecule has 0 N–H and O–H groups in total. The van der Waals surface area contributed by atoms with Crippen molar-refractivity contribution in [1.82, 2.24) is 9.55 Å². The Labute approximate surface area is 87.1 Å². The first-order chi connectivity index (χ1) is 6.66. The van der Waals surface area contributed by atoms with Crippen molar-refractivity contribution in [3.63, 3.8) is 0 Å². The Morgan fingerprint density at radius 3 is 2.07 bits per heavy atom. The van der Waals surface area contributed by atoms with Crippen LogP contribution in [-0.4, -0.2) is 9.55 Å². The highest BCUT2D eigenvalue weighted by Gasteiger charge is 2.36. The molecule has 5 heteroatoms. The van der Waals surface area contributed by atoms with Crippen molar-refractivity contribution in [2.24, 2.45) is 0 Å². The maximum absolute atomic E-state index is 12.4. The topological polar surface area (TPSA) is 17.8 Å². The summed E-state index contributed by atoms with van der Waals surface area (Å²) in [4.78, 5) is 3.66. The second-order valence-electron chi connectivity index (χ2n) is 4.48. The Balaban J connectivity index is 3.24. The summed E-state index contributed by atoms with van der Waals surface area (Å²) in [5.41, 5.74) is -1.19. The van der Waals surface area contributed by atoms with E-state index in [-0.39, 0.29) is 5.41 Å². The van der Waals surface area contributed by atoms with E-state index in [9.17, 15) is 13.2 Å². The summed E-state index contributed by atoms with van der Waals surface area (Å²) in [5.74, 6) is 0.470. The van der Waals surface area contributed by atoms with Gasteiger partial charge in [-0.25, -0.2) is 4.98 Å². The molecule has 0 fully saturated rings. The summed E-state index contributed by atoms with van der Waals surface area (Å²) in [6.07, 6.45) is -3.29. The Morgan fingerprint density at radius 1 is 1.27 bits per heavy atom. The first kappa shape index (κ1) is 12.1. The standard InChI is InChI=1S/C10H15F3N2/c1-5-15-6-7(10(11,12)13)14-8(15)9(2,3)4/h6H,5H2,1-4H3. The van der Waals surface area contributed by atoms with Crippen LogP contribution < -0.4 is 0 Å². The van der Waals surface area contributed by atoms with Crippen molar-refractivity contribution < 1.29 is 13.2 Å². The molecule has 1 aromatic heterocycles. The highest BCUT2D eigenvalue weighted by molar-refractivity contribution is 5.13. The number of aromatic nitrogens is 2. The number of rotatable bonds is 1. The van der Waals surface area contributed by atoms with Gasteiger partial charge in [0.2, 0.25) is 0 Å². The second-order valence-corrected chi connectivity index (χ2v) is 4.48. The number of hydrogen-bond donors (Lipinski definition) is 0. The highest BCUT2D eigenvalue weighted by Crippen LogP contribution is 2.31. The molecular weight excluding hydrogens is 205 g/mol. The predicted octanol–water partition coefficient (Wildman–Crippen LogP) is 3.22. The average molecular weight is 220 g/mol. The van der Waals surface area contributed by atoms with E-state index in [1.54, 1.807) is 11.5 Å². The van der Waals surface area contributed by atoms with Gasteiger partial charge in [-0.15, -0.1) is 0 Å². The fourth-order valence-electron chi connectivity index (χ4n) is 1.39. The molecule has 0 atom stereocenters. The minimum atomic E-state index is -4.36. The number of alkyl halides is 3. The van der Waals surface area contributed by atoms with Crippen molar-refractivity contribution in [2.45, 2.75) is 45.8 Å². The predicted molar refractivity (Wildman–Crippen MR) is 51.6 cm³/mol. The van der Waals surface area contributed by atoms with E-state index in [1.807, 2.05) is 20.8 Å². The molecule has 0 saturated heterocycles. The lowest BCUT2D eigenvalue weighted by molar-refractivity contribution is -0.141. The van der Waals surface area contributed by atoms with Crippen molar-refractivity contribution in [1.29, 1.82) is 0 Å². The van der Waals surface area contributed by atoms with Gasteiger partial charge in [-0.3, -0.25) is 0 Å². The third-order valence-electron chi connectivity index (χ3n) is 2.08. The van der Waals surface area contributed by atoms with E-state index < -0.39 is 11.9 Å². The van der Waals surface area contributed by atoms with Crippen LogP contribution in [0.25, 0.3) is 0 Å². The third kappa shape index (κ3) is 2.52. The van der Waals surface area contributed by atoms with Crippen LogP contribution in [0.4, 0.5) is 13.2 Å². The fraction of sp³-hybridized carbons (Fsp3) is 0.700. The molecule has 0 bridgehead atoms. The van der Waals surface area contributed by atoms with Crippen molar-refractivity contribution in [3.05, 3.63) is 17.7 Å². The van der Waals surface area contributed by atoms with Crippen molar-refractivity contribution in [2.75, 3.05) is 0 Å². The van der Waals surface area contributed by atoms with Gasteiger partial charge in [0, 0.05) is 18.2 Å². The lowest BCUT2D eigenvalue weighted by atomic mass is 9.96. The molecule has 0 spiro atoms. The van der Waals surface area contributed by atoms with Crippen LogP contribution in [0.1, 0.15) is 39.2 Å². The molecule has 1 rings (SSSR count). The van der Waals surface area contributed by atoms with E-state index in [2.05, 4.69) is 4.98 Å². The zero-order chi connectivity index (χ0) is 11.9. The van der Waals surface area contributed by atoms with Crippen LogP contribution in [0.15, 0.2) is 6.20 Å². The molecule has 1 heterocycles. The highest BCUT2D eigenvalue weighted by atomic mass is 19.4. The molecular formula is C10H15F3N2. The first-order valence-corrected chi connectivity index (χ1v) is 4.81. The van der Waals surface area contributed by atoms with Gasteiger partial charge in [0.25, 0.3) is 0 Å². The van der Waals surface area contributed by atoms with Gasteiger partial charge in [0.1, 0.15) is 5.82 Å². The molecule has 0 aliphatic rings. The third-order valence-corrected chi connectivity index (χ3v) is 2.08. The van der Waals surface area contributed by atoms with Crippen LogP contribution >= 0.6 is 0 Å². The zero-order valence-corrected chi connectivity index (χ0v) is 9.31. The lowest BCUT2D eigenvalue weighted by Gasteiger charge is -2.18. The first-order valence-electron chi connectivity index (χ1n) is 4.81. The van der Waals surface area contributed by atoms with E-state index >= 15 is 0 Å². The van der Waals surface area contributed by atoms with E-state index in [1.165, 1.54) is 0 Å². The van der Waals surface area contributed by atoms with Gasteiger partial charge in [-0.05, 0) is 6.92 Å². The largest absolute Gasteiger partial charge is 0.434 e. The zero-order valence-electron chi connectivity index (χ0n) is 9.31. The van der Waals surface area contributed by atoms with Gasteiger partial charge in [0.15, 0.2) is 5.69 Å². The van der Waals surface area contributed by atoms with Crippen molar-refractivity contribution in [3.8, 4) is 0 Å². The van der Waals surface area contributed by atoms with Gasteiger partial charge in [0.05, 0.1) is 0 Å². The van der Waals surface area contributed by atoms with E-state index in [4.69, 9.17) is 0 Å². The molecule has 0 aliphatic carbocycles. The summed E-state index contributed by atoms with van der Waals surface area (Å²) in [6.45, 7) is 7.84. The fourth-order valence-corrected chi connectivity index (χ4v) is 1.39. The number of aryl methyl sites for hydroxylation is 1. The molecule has 0 amide bonds. The van der Waals surface area contributed by atoms with Gasteiger partial charge in [-0.1, -0.05) is 20.8 Å². The summed E-state index contributed by atoms with van der Waals surface area (Å²) >= 11 is 0. The molecule has 2 nitrogen and oxygen atoms in total. The van der Waals surface area contributed by atoms with Crippen LogP contribution in [0.5, 0.6) is 0 Å². The van der Waals surface area contributed by atoms with Gasteiger partial charge in [-0.2, -0.15) is 13.2 Å². The number of halogens is 3. The smallest absolute Gasteiger partial charge is 0.334 e. The van der Waals surface area contributed by atoms with Gasteiger partial charge < -0.3 is 4.57 Å². The summed E-state index contributed by atoms with van der Waals surface area (Å²) in [7, 11) is 0. The Hall–Kier alpha value is -1.00. The number of hydrogen-bond acceptors (Lipinski definition) is 1. The molecule has 1 aromatic rings. The maximum Gasteiger partial charge on any atom is 0.434 e. The number of nitrogens with zero attached hydrogens (tertiary/aromatic N) is 2. The molecule has 15 heavy (non-hydrogen) atoms. The monoisotopic (exact) mass is 220 g/mol. The molecule has 0 saturated carbocycles. The minimum absolute atomic E-state index is 0.375. The Kier molecular flexibility index (Phi) is 2.85. The lowest BCUT2D eigenvalue weighted by Crippen LogP contribution is -2.18. The van der Waals surface area contributed by atoms with Crippen LogP contribution in [-0.2, 0) is 18.1 Å². The SMILES string of the molecule is CCn1cc(C(F)(F)F)nc1C(C)(C)C. The Morgan fingerprint density at radius 2 is 1.80 bits per heavy atom. The summed E-state index contributed by atoms with van der Waals surface area (Å²) in [6, 6.07) is 0. The van der Waals surface area contributed by atoms with Crippen LogP contribution in [0.2, 0.25) is 0 Å². The van der Waals surface area contributed by atoms with Crippen LogP contribution in [0, 0.1) is 0 Å². The average Bonchev–Trinajstić information content (AvgIpc) is 2.44. The Bertz CT molecular complexity index is 345. The van der Waals surface area contributed by atoms with Crippen LogP contribution in [0.3, 0.4) is 0 Å². The molecule has 0 aromatic carbocycles. The quantitative estimate of drug-likeness (QED) is 0.710. The van der Waals surface area contributed by atoms with E-state index in [0.29, 0.717) is 12.4 Å². The molecule has 86 valence electrons. The number of imidazole rings is 1. The maximum atomic E-state index is 12.4. The molecule has 0 aliphatic heterocycles. The molecule has 0 radical (unpaired) electrons.